The highest BCUT2D eigenvalue weighted by molar-refractivity contribution is 5.89. The maximum atomic E-state index is 12.3. The summed E-state index contributed by atoms with van der Waals surface area (Å²) < 4.78 is 11.9. The molecule has 0 bridgehead atoms. The van der Waals surface area contributed by atoms with Crippen molar-refractivity contribution >= 4 is 11.5 Å². The summed E-state index contributed by atoms with van der Waals surface area (Å²) in [6.45, 7) is 4.63. The lowest BCUT2D eigenvalue weighted by molar-refractivity contribution is 0.0524. The minimum absolute atomic E-state index is 0.0278. The molecule has 112 valence electrons. The third kappa shape index (κ3) is 3.42. The first-order chi connectivity index (χ1) is 10.2. The number of carbonyl (C=O) groups is 1. The number of nitrogens with zero attached hydrogens (tertiary/aromatic N) is 1. The normalized spacial score (nSPS) is 10.6. The monoisotopic (exact) mass is 289 g/mol. The van der Waals surface area contributed by atoms with E-state index in [4.69, 9.17) is 9.47 Å². The Kier molecular flexibility index (Phi) is 4.98. The molecule has 0 N–H and O–H groups in total. The highest BCUT2D eigenvalue weighted by atomic mass is 16.5. The lowest BCUT2D eigenvalue weighted by atomic mass is 10.2. The maximum Gasteiger partial charge on any atom is 0.343 e. The van der Waals surface area contributed by atoms with Crippen molar-refractivity contribution in [1.82, 2.24) is 4.40 Å². The topological polar surface area (TPSA) is 57.0 Å². The van der Waals surface area contributed by atoms with Crippen LogP contribution in [0.1, 0.15) is 37.0 Å². The van der Waals surface area contributed by atoms with Crippen LogP contribution in [0.25, 0.3) is 5.52 Å². The van der Waals surface area contributed by atoms with E-state index in [2.05, 4.69) is 6.92 Å². The fourth-order valence-electron chi connectivity index (χ4n) is 1.96. The van der Waals surface area contributed by atoms with E-state index >= 15 is 0 Å². The van der Waals surface area contributed by atoms with Gasteiger partial charge < -0.3 is 9.47 Å². The van der Waals surface area contributed by atoms with E-state index in [0.29, 0.717) is 17.9 Å². The second-order valence-corrected chi connectivity index (χ2v) is 4.63. The van der Waals surface area contributed by atoms with Crippen LogP contribution in [-0.4, -0.2) is 23.6 Å². The third-order valence-electron chi connectivity index (χ3n) is 3.08. The lowest BCUT2D eigenvalue weighted by Gasteiger charge is -2.08. The zero-order chi connectivity index (χ0) is 15.2. The van der Waals surface area contributed by atoms with Crippen LogP contribution in [-0.2, 0) is 4.74 Å². The van der Waals surface area contributed by atoms with Crippen LogP contribution in [0, 0.1) is 0 Å². The van der Waals surface area contributed by atoms with Crippen LogP contribution in [0.5, 0.6) is 5.75 Å². The molecule has 5 heteroatoms. The summed E-state index contributed by atoms with van der Waals surface area (Å²) in [5.74, 6) is 0.00765. The molecule has 2 rings (SSSR count). The van der Waals surface area contributed by atoms with Crippen molar-refractivity contribution in [2.24, 2.45) is 0 Å². The third-order valence-corrected chi connectivity index (χ3v) is 3.08. The highest BCUT2D eigenvalue weighted by Gasteiger charge is 2.13. The van der Waals surface area contributed by atoms with Gasteiger partial charge in [0.25, 0.3) is 5.56 Å². The van der Waals surface area contributed by atoms with Gasteiger partial charge >= 0.3 is 5.97 Å². The molecule has 0 aliphatic carbocycles. The van der Waals surface area contributed by atoms with Crippen molar-refractivity contribution in [2.75, 3.05) is 13.2 Å². The summed E-state index contributed by atoms with van der Waals surface area (Å²) in [4.78, 5) is 24.1. The number of rotatable bonds is 6. The van der Waals surface area contributed by atoms with E-state index in [-0.39, 0.29) is 12.2 Å². The molecule has 0 spiro atoms. The molecule has 0 saturated carbocycles. The summed E-state index contributed by atoms with van der Waals surface area (Å²) in [5.41, 5.74) is 0.336. The Bertz CT molecular complexity index is 690. The zero-order valence-corrected chi connectivity index (χ0v) is 12.3. The molecular formula is C16H19NO4. The van der Waals surface area contributed by atoms with Crippen molar-refractivity contribution < 1.29 is 14.3 Å². The van der Waals surface area contributed by atoms with Gasteiger partial charge in [-0.1, -0.05) is 13.3 Å². The Labute approximate surface area is 123 Å². The molecule has 0 aromatic carbocycles. The molecule has 0 radical (unpaired) electrons. The van der Waals surface area contributed by atoms with Crippen molar-refractivity contribution in [1.29, 1.82) is 0 Å². The second kappa shape index (κ2) is 6.92. The first-order valence-electron chi connectivity index (χ1n) is 7.12. The van der Waals surface area contributed by atoms with Crippen LogP contribution >= 0.6 is 0 Å². The molecule has 2 heterocycles. The van der Waals surface area contributed by atoms with Crippen molar-refractivity contribution in [2.45, 2.75) is 26.7 Å². The fourth-order valence-corrected chi connectivity index (χ4v) is 1.96. The molecule has 0 amide bonds. The minimum atomic E-state index is -0.603. The Morgan fingerprint density at radius 3 is 2.67 bits per heavy atom. The molecule has 0 aliphatic rings. The fraction of sp³-hybridized carbons (Fsp3) is 0.375. The van der Waals surface area contributed by atoms with Gasteiger partial charge in [-0.15, -0.1) is 0 Å². The van der Waals surface area contributed by atoms with Crippen LogP contribution < -0.4 is 10.3 Å². The van der Waals surface area contributed by atoms with Crippen molar-refractivity contribution in [3.05, 3.63) is 46.4 Å². The molecule has 0 atom stereocenters. The first kappa shape index (κ1) is 15.1. The number of hydrogen-bond acceptors (Lipinski definition) is 4. The average molecular weight is 289 g/mol. The lowest BCUT2D eigenvalue weighted by Crippen LogP contribution is -2.23. The van der Waals surface area contributed by atoms with E-state index in [1.807, 2.05) is 6.07 Å². The molecule has 21 heavy (non-hydrogen) atoms. The van der Waals surface area contributed by atoms with E-state index < -0.39 is 11.5 Å². The number of carbonyl (C=O) groups excluding carboxylic acids is 1. The Morgan fingerprint density at radius 2 is 1.95 bits per heavy atom. The van der Waals surface area contributed by atoms with Gasteiger partial charge in [-0.05, 0) is 37.6 Å². The first-order valence-corrected chi connectivity index (χ1v) is 7.12. The number of fused-ring (bicyclic) bond motifs is 1. The highest BCUT2D eigenvalue weighted by Crippen LogP contribution is 2.13. The number of unbranched alkanes of at least 4 members (excludes halogenated alkanes) is 1. The van der Waals surface area contributed by atoms with E-state index in [0.717, 1.165) is 12.8 Å². The number of aromatic nitrogens is 1. The molecule has 5 nitrogen and oxygen atoms in total. The molecule has 2 aromatic heterocycles. The Balaban J connectivity index is 2.37. The van der Waals surface area contributed by atoms with Crippen LogP contribution in [0.4, 0.5) is 0 Å². The zero-order valence-electron chi connectivity index (χ0n) is 12.3. The quantitative estimate of drug-likeness (QED) is 0.606. The van der Waals surface area contributed by atoms with Crippen LogP contribution in [0.15, 0.2) is 35.3 Å². The maximum absolute atomic E-state index is 12.3. The van der Waals surface area contributed by atoms with Gasteiger partial charge in [0.1, 0.15) is 11.3 Å². The Hall–Kier alpha value is -2.30. The summed E-state index contributed by atoms with van der Waals surface area (Å²) >= 11 is 0. The van der Waals surface area contributed by atoms with E-state index in [1.54, 1.807) is 25.3 Å². The average Bonchev–Trinajstić information content (AvgIpc) is 2.48. The van der Waals surface area contributed by atoms with Crippen LogP contribution in [0.3, 0.4) is 0 Å². The summed E-state index contributed by atoms with van der Waals surface area (Å²) in [7, 11) is 0. The summed E-state index contributed by atoms with van der Waals surface area (Å²) in [5, 5.41) is 0. The van der Waals surface area contributed by atoms with Gasteiger partial charge in [0.05, 0.1) is 19.4 Å². The molecule has 0 fully saturated rings. The Morgan fingerprint density at radius 1 is 1.19 bits per heavy atom. The summed E-state index contributed by atoms with van der Waals surface area (Å²) in [6.07, 6.45) is 3.60. The van der Waals surface area contributed by atoms with Gasteiger partial charge in [0.2, 0.25) is 0 Å². The minimum Gasteiger partial charge on any atom is -0.492 e. The SMILES string of the molecule is CCCCOc1ccc2ccc(C(=O)OCC)c(=O)n2c1. The predicted molar refractivity (Wildman–Crippen MR) is 80.0 cm³/mol. The molecule has 0 unspecified atom stereocenters. The standard InChI is InChI=1S/C16H19NO4/c1-3-5-10-21-13-8-6-12-7-9-14(16(19)20-4-2)15(18)17(12)11-13/h6-9,11H,3-5,10H2,1-2H3. The van der Waals surface area contributed by atoms with Gasteiger partial charge in [-0.2, -0.15) is 0 Å². The van der Waals surface area contributed by atoms with Gasteiger partial charge in [0.15, 0.2) is 0 Å². The van der Waals surface area contributed by atoms with E-state index in [9.17, 15) is 9.59 Å². The molecule has 2 aromatic rings. The van der Waals surface area contributed by atoms with Crippen molar-refractivity contribution in [3.8, 4) is 5.75 Å². The van der Waals surface area contributed by atoms with Crippen molar-refractivity contribution in [3.63, 3.8) is 0 Å². The number of pyridine rings is 2. The van der Waals surface area contributed by atoms with Gasteiger partial charge in [-0.25, -0.2) is 4.79 Å². The van der Waals surface area contributed by atoms with Crippen LogP contribution in [0.2, 0.25) is 0 Å². The second-order valence-electron chi connectivity index (χ2n) is 4.63. The molecule has 0 aliphatic heterocycles. The van der Waals surface area contributed by atoms with Gasteiger partial charge in [0, 0.05) is 5.52 Å². The largest absolute Gasteiger partial charge is 0.492 e. The van der Waals surface area contributed by atoms with Gasteiger partial charge in [-0.3, -0.25) is 9.20 Å². The predicted octanol–water partition coefficient (Wildman–Crippen LogP) is 2.66. The molecule has 0 saturated heterocycles. The van der Waals surface area contributed by atoms with E-state index in [1.165, 1.54) is 10.5 Å². The summed E-state index contributed by atoms with van der Waals surface area (Å²) in [6, 6.07) is 6.81. The number of esters is 1. The smallest absolute Gasteiger partial charge is 0.343 e. The molecular weight excluding hydrogens is 270 g/mol. The number of ether oxygens (including phenoxy) is 2. The number of hydrogen-bond donors (Lipinski definition) is 0.